The quantitative estimate of drug-likeness (QED) is 0.114. The summed E-state index contributed by atoms with van der Waals surface area (Å²) in [5.41, 5.74) is 37.0. The molecule has 2 aromatic heterocycles. The van der Waals surface area contributed by atoms with Crippen molar-refractivity contribution in [2.45, 2.75) is 111 Å². The van der Waals surface area contributed by atoms with Crippen molar-refractivity contribution in [3.8, 4) is 44.5 Å². The predicted molar refractivity (Wildman–Crippen MR) is 367 cm³/mol. The third-order valence-electron chi connectivity index (χ3n) is 21.3. The van der Waals surface area contributed by atoms with Gasteiger partial charge in [-0.3, -0.25) is 0 Å². The van der Waals surface area contributed by atoms with Crippen molar-refractivity contribution >= 4 is 62.4 Å². The molecule has 0 spiro atoms. The summed E-state index contributed by atoms with van der Waals surface area (Å²) in [6.45, 7) is 19.1. The van der Waals surface area contributed by atoms with Gasteiger partial charge in [0.1, 0.15) is 0 Å². The summed E-state index contributed by atoms with van der Waals surface area (Å²) in [5, 5.41) is 3.44. The number of aryl methyl sites for hydroxylation is 4. The first-order valence-corrected chi connectivity index (χ1v) is 39.3. The number of allylic oxidation sites excluding steroid dienone is 6. The van der Waals surface area contributed by atoms with Gasteiger partial charge in [-0.1, -0.05) is 0 Å². The summed E-state index contributed by atoms with van der Waals surface area (Å²) >= 11 is -1.60. The Kier molecular flexibility index (Phi) is 13.7. The maximum atomic E-state index is 6.87. The molecule has 4 atom stereocenters. The van der Waals surface area contributed by atoms with Crippen molar-refractivity contribution in [3.05, 3.63) is 283 Å². The first-order valence-electron chi connectivity index (χ1n) is 32.1. The first-order chi connectivity index (χ1) is 42.5. The Morgan fingerprint density at radius 2 is 0.724 bits per heavy atom. The van der Waals surface area contributed by atoms with Crippen molar-refractivity contribution in [3.63, 3.8) is 0 Å². The topological polar surface area (TPSA) is 26.3 Å². The van der Waals surface area contributed by atoms with Gasteiger partial charge in [0.15, 0.2) is 0 Å². The SMILES string of the molecule is CC1=C(C2C(c3ccc(C)o3)=Cc3c2ccc(C)c3-c2ccccc2)c2c(cc([SiH]3CCC3)c(C)c2-c2ccccc2)[CH]1[Zr][CH]1C(C)=C(C2C(c3ccc(C)o3)=Cc3c2ccc(C)c3-c2ccccc2)c2c1cc([SiH]1CCC1)c(C)c2-c1ccccc1. The van der Waals surface area contributed by atoms with Crippen LogP contribution in [0.25, 0.3) is 79.0 Å². The van der Waals surface area contributed by atoms with Crippen LogP contribution in [0.3, 0.4) is 0 Å². The van der Waals surface area contributed by atoms with Crippen molar-refractivity contribution in [1.82, 2.24) is 0 Å². The number of hydrogen-bond donors (Lipinski definition) is 0. The van der Waals surface area contributed by atoms with E-state index in [9.17, 15) is 0 Å². The molecule has 4 unspecified atom stereocenters. The van der Waals surface area contributed by atoms with Gasteiger partial charge in [-0.2, -0.15) is 0 Å². The first kappa shape index (κ1) is 54.9. The van der Waals surface area contributed by atoms with E-state index < -0.39 is 40.8 Å². The van der Waals surface area contributed by atoms with E-state index in [1.165, 1.54) is 159 Å². The van der Waals surface area contributed by atoms with Crippen molar-refractivity contribution in [2.24, 2.45) is 0 Å². The molecule has 2 nitrogen and oxygen atoms in total. The van der Waals surface area contributed by atoms with E-state index in [4.69, 9.17) is 8.83 Å². The molecule has 10 aromatic rings. The van der Waals surface area contributed by atoms with E-state index in [0.717, 1.165) is 23.0 Å². The third-order valence-corrected chi connectivity index (χ3v) is 34.0. The second kappa shape index (κ2) is 21.7. The summed E-state index contributed by atoms with van der Waals surface area (Å²) in [6, 6.07) is 75.5. The molecule has 0 saturated carbocycles. The van der Waals surface area contributed by atoms with Crippen LogP contribution in [0.1, 0.15) is 136 Å². The second-order valence-corrected chi connectivity index (χ2v) is 36.2. The zero-order valence-electron chi connectivity index (χ0n) is 51.5. The summed E-state index contributed by atoms with van der Waals surface area (Å²) in [6.07, 6.45) is 7.79. The average molecular weight is 1240 g/mol. The van der Waals surface area contributed by atoms with Gasteiger partial charge in [0, 0.05) is 0 Å². The number of furan rings is 2. The van der Waals surface area contributed by atoms with Gasteiger partial charge in [0.25, 0.3) is 0 Å². The van der Waals surface area contributed by atoms with Crippen molar-refractivity contribution in [1.29, 1.82) is 0 Å². The fraction of sp³-hybridized carbons (Fsp3) is 0.220. The molecule has 8 aromatic carbocycles. The van der Waals surface area contributed by atoms with Crippen molar-refractivity contribution < 1.29 is 32.1 Å². The Morgan fingerprint density at radius 3 is 1.05 bits per heavy atom. The Balaban J connectivity index is 0.974. The molecule has 426 valence electrons. The third kappa shape index (κ3) is 8.82. The van der Waals surface area contributed by atoms with Crippen LogP contribution in [-0.2, 0) is 23.2 Å². The minimum absolute atomic E-state index is 0.0151. The summed E-state index contributed by atoms with van der Waals surface area (Å²) in [5.74, 6) is 3.83. The molecular weight excluding hydrogens is 1160 g/mol. The Morgan fingerprint density at radius 1 is 0.368 bits per heavy atom. The van der Waals surface area contributed by atoms with Gasteiger partial charge < -0.3 is 0 Å². The van der Waals surface area contributed by atoms with Crippen molar-refractivity contribution in [2.75, 3.05) is 0 Å². The molecule has 6 aliphatic rings. The Hall–Kier alpha value is -7.40. The molecule has 2 saturated heterocycles. The van der Waals surface area contributed by atoms with Crippen LogP contribution < -0.4 is 10.4 Å². The fourth-order valence-electron chi connectivity index (χ4n) is 16.7. The molecule has 0 radical (unpaired) electrons. The van der Waals surface area contributed by atoms with Gasteiger partial charge in [0.2, 0.25) is 0 Å². The van der Waals surface area contributed by atoms with Crippen LogP contribution >= 0.6 is 0 Å². The summed E-state index contributed by atoms with van der Waals surface area (Å²) < 4.78 is 14.4. The van der Waals surface area contributed by atoms with Crippen LogP contribution in [0.2, 0.25) is 24.2 Å². The van der Waals surface area contributed by atoms with Crippen LogP contribution in [0, 0.1) is 41.5 Å². The number of fused-ring (bicyclic) bond motifs is 4. The van der Waals surface area contributed by atoms with Gasteiger partial charge >= 0.3 is 533 Å². The summed E-state index contributed by atoms with van der Waals surface area (Å²) in [4.78, 5) is 0. The van der Waals surface area contributed by atoms with E-state index in [1.54, 1.807) is 32.6 Å². The van der Waals surface area contributed by atoms with Crippen LogP contribution in [-0.4, -0.2) is 17.6 Å². The molecule has 87 heavy (non-hydrogen) atoms. The molecule has 4 aliphatic carbocycles. The van der Waals surface area contributed by atoms with Crippen LogP contribution in [0.5, 0.6) is 0 Å². The Labute approximate surface area is 529 Å². The van der Waals surface area contributed by atoms with E-state index in [0.29, 0.717) is 7.25 Å². The maximum absolute atomic E-state index is 6.87. The van der Waals surface area contributed by atoms with Gasteiger partial charge in [-0.15, -0.1) is 0 Å². The van der Waals surface area contributed by atoms with E-state index in [1.807, 2.05) is 0 Å². The van der Waals surface area contributed by atoms with E-state index in [-0.39, 0.29) is 11.8 Å². The zero-order chi connectivity index (χ0) is 58.9. The normalized spacial score (nSPS) is 19.4. The molecule has 0 amide bonds. The molecule has 16 rings (SSSR count). The van der Waals surface area contributed by atoms with E-state index >= 15 is 0 Å². The fourth-order valence-corrected chi connectivity index (χ4v) is 26.8. The van der Waals surface area contributed by atoms with Gasteiger partial charge in [0.05, 0.1) is 0 Å². The molecular formula is C82H74O2Si2Zr. The van der Waals surface area contributed by atoms with Crippen LogP contribution in [0.4, 0.5) is 0 Å². The predicted octanol–water partition coefficient (Wildman–Crippen LogP) is 20.2. The monoisotopic (exact) mass is 1240 g/mol. The molecule has 2 aliphatic heterocycles. The second-order valence-electron chi connectivity index (χ2n) is 26.2. The molecule has 2 fully saturated rings. The van der Waals surface area contributed by atoms with Gasteiger partial charge in [-0.25, -0.2) is 0 Å². The van der Waals surface area contributed by atoms with E-state index in [2.05, 4.69) is 250 Å². The Bertz CT molecular complexity index is 4290. The number of benzene rings is 8. The number of rotatable bonds is 12. The van der Waals surface area contributed by atoms with Crippen LogP contribution in [0.15, 0.2) is 202 Å². The zero-order valence-corrected chi connectivity index (χ0v) is 56.3. The molecule has 0 bridgehead atoms. The summed E-state index contributed by atoms with van der Waals surface area (Å²) in [7, 11) is -2.35. The molecule has 5 heteroatoms. The minimum atomic E-state index is -1.60. The molecule has 4 heterocycles. The molecule has 0 N–H and O–H groups in total. The standard InChI is InChI=1S/2C41H37OSi.Zr/c2*1-25-16-18-32-33(37(25)29-12-7-5-8-13-29)24-34(35-19-17-27(3)42-35)41(32)38-26(2)22-31-23-36(43-20-11-21-43)28(4)39(40(31)38)30-14-9-6-10-15-30;/h2*5-10,12-19,22-24,41,43H,11,20-21H2,1-4H3;. The average Bonchev–Trinajstić information content (AvgIpc) is 1.58. The number of hydrogen-bond acceptors (Lipinski definition) is 2. The van der Waals surface area contributed by atoms with Gasteiger partial charge in [-0.05, 0) is 0 Å².